The zero-order valence-electron chi connectivity index (χ0n) is 8.29. The number of nitrogens with one attached hydrogen (secondary N) is 1. The predicted molar refractivity (Wildman–Crippen MR) is 60.8 cm³/mol. The van der Waals surface area contributed by atoms with Crippen molar-refractivity contribution in [2.45, 2.75) is 25.9 Å². The maximum Gasteiger partial charge on any atom is 0.122 e. The smallest absolute Gasteiger partial charge is 0.122 e. The van der Waals surface area contributed by atoms with Crippen molar-refractivity contribution >= 4 is 15.9 Å². The molecule has 74 valence electrons. The highest BCUT2D eigenvalue weighted by Gasteiger charge is 2.13. The fourth-order valence-electron chi connectivity index (χ4n) is 1.24. The third kappa shape index (κ3) is 2.83. The normalized spacial score (nSPS) is 12.5. The molecule has 0 aliphatic carbocycles. The van der Waals surface area contributed by atoms with Crippen LogP contribution in [0.15, 0.2) is 28.7 Å². The monoisotopic (exact) mass is 252 g/mol. The fourth-order valence-corrected chi connectivity index (χ4v) is 1.75. The molecule has 1 N–H and O–H groups in total. The summed E-state index contributed by atoms with van der Waals surface area (Å²) in [5.41, 5.74) is 0.990. The molecule has 14 heavy (non-hydrogen) atoms. The van der Waals surface area contributed by atoms with Gasteiger partial charge in [0.1, 0.15) is 6.04 Å². The first kappa shape index (κ1) is 11.2. The van der Waals surface area contributed by atoms with Crippen LogP contribution in [0.2, 0.25) is 0 Å². The number of hydrogen-bond donors (Lipinski definition) is 1. The van der Waals surface area contributed by atoms with Crippen LogP contribution < -0.4 is 5.32 Å². The molecule has 0 fully saturated rings. The molecule has 0 radical (unpaired) electrons. The molecule has 0 aromatic heterocycles. The number of nitrogens with zero attached hydrogens (tertiary/aromatic N) is 1. The van der Waals surface area contributed by atoms with E-state index in [0.29, 0.717) is 6.04 Å². The quantitative estimate of drug-likeness (QED) is 0.898. The van der Waals surface area contributed by atoms with Gasteiger partial charge in [-0.05, 0) is 25.5 Å². The molecule has 1 unspecified atom stereocenters. The van der Waals surface area contributed by atoms with Crippen LogP contribution in [0.3, 0.4) is 0 Å². The van der Waals surface area contributed by atoms with Crippen molar-refractivity contribution in [3.05, 3.63) is 34.3 Å². The van der Waals surface area contributed by atoms with Crippen molar-refractivity contribution in [1.82, 2.24) is 5.32 Å². The molecule has 1 rings (SSSR count). The first-order valence-electron chi connectivity index (χ1n) is 4.55. The van der Waals surface area contributed by atoms with Crippen LogP contribution in [0, 0.1) is 11.3 Å². The van der Waals surface area contributed by atoms with Crippen molar-refractivity contribution in [3.63, 3.8) is 0 Å². The maximum absolute atomic E-state index is 9.02. The van der Waals surface area contributed by atoms with E-state index in [0.717, 1.165) is 10.0 Å². The average Bonchev–Trinajstić information content (AvgIpc) is 2.15. The Kier molecular flexibility index (Phi) is 4.12. The van der Waals surface area contributed by atoms with E-state index in [1.165, 1.54) is 0 Å². The zero-order chi connectivity index (χ0) is 10.6. The summed E-state index contributed by atoms with van der Waals surface area (Å²) in [6.45, 7) is 4.06. The summed E-state index contributed by atoms with van der Waals surface area (Å²) in [4.78, 5) is 0. The molecule has 0 aliphatic rings. The van der Waals surface area contributed by atoms with Gasteiger partial charge in [-0.2, -0.15) is 5.26 Å². The minimum Gasteiger partial charge on any atom is -0.296 e. The molecule has 2 nitrogen and oxygen atoms in total. The number of nitriles is 1. The lowest BCUT2D eigenvalue weighted by Gasteiger charge is -2.15. The third-order valence-corrected chi connectivity index (χ3v) is 2.57. The second kappa shape index (κ2) is 5.14. The SMILES string of the molecule is CC(C)NC(C#N)c1ccccc1Br. The Labute approximate surface area is 93.1 Å². The van der Waals surface area contributed by atoms with Gasteiger partial charge in [-0.15, -0.1) is 0 Å². The van der Waals surface area contributed by atoms with E-state index in [2.05, 4.69) is 27.3 Å². The second-order valence-corrected chi connectivity index (χ2v) is 4.26. The summed E-state index contributed by atoms with van der Waals surface area (Å²) in [6.07, 6.45) is 0. The molecule has 0 heterocycles. The van der Waals surface area contributed by atoms with E-state index in [-0.39, 0.29) is 6.04 Å². The largest absolute Gasteiger partial charge is 0.296 e. The molecule has 1 aromatic rings. The van der Waals surface area contributed by atoms with E-state index in [4.69, 9.17) is 5.26 Å². The molecule has 3 heteroatoms. The van der Waals surface area contributed by atoms with Crippen LogP contribution in [0.25, 0.3) is 0 Å². The van der Waals surface area contributed by atoms with Crippen molar-refractivity contribution in [3.8, 4) is 6.07 Å². The number of halogens is 1. The Bertz CT molecular complexity index is 341. The van der Waals surface area contributed by atoms with E-state index >= 15 is 0 Å². The lowest BCUT2D eigenvalue weighted by Crippen LogP contribution is -2.27. The lowest BCUT2D eigenvalue weighted by molar-refractivity contribution is 0.545. The van der Waals surface area contributed by atoms with Crippen molar-refractivity contribution in [2.24, 2.45) is 0 Å². The molecule has 0 saturated carbocycles. The van der Waals surface area contributed by atoms with E-state index in [1.807, 2.05) is 38.1 Å². The summed E-state index contributed by atoms with van der Waals surface area (Å²) < 4.78 is 0.972. The Morgan fingerprint density at radius 3 is 2.50 bits per heavy atom. The van der Waals surface area contributed by atoms with Crippen LogP contribution in [0.1, 0.15) is 25.5 Å². The number of hydrogen-bond acceptors (Lipinski definition) is 2. The molecule has 1 aromatic carbocycles. The van der Waals surface area contributed by atoms with Gasteiger partial charge in [0.25, 0.3) is 0 Å². The van der Waals surface area contributed by atoms with Gasteiger partial charge in [-0.1, -0.05) is 34.1 Å². The van der Waals surface area contributed by atoms with Gasteiger partial charge in [0.2, 0.25) is 0 Å². The highest BCUT2D eigenvalue weighted by molar-refractivity contribution is 9.10. The van der Waals surface area contributed by atoms with Crippen molar-refractivity contribution < 1.29 is 0 Å². The van der Waals surface area contributed by atoms with Gasteiger partial charge >= 0.3 is 0 Å². The molecular formula is C11H13BrN2. The highest BCUT2D eigenvalue weighted by atomic mass is 79.9. The van der Waals surface area contributed by atoms with Crippen molar-refractivity contribution in [2.75, 3.05) is 0 Å². The second-order valence-electron chi connectivity index (χ2n) is 3.40. The van der Waals surface area contributed by atoms with E-state index in [9.17, 15) is 0 Å². The summed E-state index contributed by atoms with van der Waals surface area (Å²) in [7, 11) is 0. The Morgan fingerprint density at radius 1 is 1.36 bits per heavy atom. The van der Waals surface area contributed by atoms with Gasteiger partial charge in [-0.3, -0.25) is 5.32 Å². The molecule has 0 amide bonds. The van der Waals surface area contributed by atoms with Gasteiger partial charge in [0, 0.05) is 10.5 Å². The third-order valence-electron chi connectivity index (χ3n) is 1.85. The van der Waals surface area contributed by atoms with Gasteiger partial charge in [-0.25, -0.2) is 0 Å². The molecule has 0 saturated heterocycles. The zero-order valence-corrected chi connectivity index (χ0v) is 9.88. The summed E-state index contributed by atoms with van der Waals surface area (Å²) in [5, 5.41) is 12.2. The van der Waals surface area contributed by atoms with Crippen LogP contribution in [-0.4, -0.2) is 6.04 Å². The van der Waals surface area contributed by atoms with Crippen LogP contribution in [0.5, 0.6) is 0 Å². The summed E-state index contributed by atoms with van der Waals surface area (Å²) in [6, 6.07) is 10.1. The standard InChI is InChI=1S/C11H13BrN2/c1-8(2)14-11(7-13)9-5-3-4-6-10(9)12/h3-6,8,11,14H,1-2H3. The number of rotatable bonds is 3. The Balaban J connectivity index is 2.91. The fraction of sp³-hybridized carbons (Fsp3) is 0.364. The first-order chi connectivity index (χ1) is 6.65. The minimum atomic E-state index is -0.245. The molecule has 0 bridgehead atoms. The van der Waals surface area contributed by atoms with Crippen LogP contribution in [-0.2, 0) is 0 Å². The Morgan fingerprint density at radius 2 is 2.00 bits per heavy atom. The van der Waals surface area contributed by atoms with Crippen molar-refractivity contribution in [1.29, 1.82) is 5.26 Å². The maximum atomic E-state index is 9.02. The first-order valence-corrected chi connectivity index (χ1v) is 5.34. The predicted octanol–water partition coefficient (Wildman–Crippen LogP) is 3.01. The molecule has 0 aliphatic heterocycles. The van der Waals surface area contributed by atoms with E-state index in [1.54, 1.807) is 0 Å². The molecule has 1 atom stereocenters. The highest BCUT2D eigenvalue weighted by Crippen LogP contribution is 2.22. The summed E-state index contributed by atoms with van der Waals surface area (Å²) in [5.74, 6) is 0. The van der Waals surface area contributed by atoms with E-state index < -0.39 is 0 Å². The molecule has 0 spiro atoms. The van der Waals surface area contributed by atoms with Gasteiger partial charge in [0.05, 0.1) is 6.07 Å². The van der Waals surface area contributed by atoms with Gasteiger partial charge < -0.3 is 0 Å². The van der Waals surface area contributed by atoms with Crippen LogP contribution in [0.4, 0.5) is 0 Å². The molecular weight excluding hydrogens is 240 g/mol. The minimum absolute atomic E-state index is 0.245. The average molecular weight is 253 g/mol. The van der Waals surface area contributed by atoms with Crippen LogP contribution >= 0.6 is 15.9 Å². The Hall–Kier alpha value is -0.850. The van der Waals surface area contributed by atoms with Gasteiger partial charge in [0.15, 0.2) is 0 Å². The lowest BCUT2D eigenvalue weighted by atomic mass is 10.1. The number of benzene rings is 1. The topological polar surface area (TPSA) is 35.8 Å². The summed E-state index contributed by atoms with van der Waals surface area (Å²) >= 11 is 3.44.